The average molecular weight is 315 g/mol. The lowest BCUT2D eigenvalue weighted by molar-refractivity contribution is -0.121. The van der Waals surface area contributed by atoms with E-state index in [4.69, 9.17) is 22.9 Å². The standard InChI is InChI=1S/C17H15ClN2O2/c1-11-4-7-13(8-5-11)22-17(19-3)16(21)20-15-10-12(2)6-9-14(15)18/h4-10,17H,1-2H3,(H,20,21). The third kappa shape index (κ3) is 4.00. The minimum Gasteiger partial charge on any atom is -0.417 e. The van der Waals surface area contributed by atoms with Gasteiger partial charge in [0, 0.05) is 0 Å². The summed E-state index contributed by atoms with van der Waals surface area (Å²) in [5.41, 5.74) is 2.49. The van der Waals surface area contributed by atoms with E-state index in [0.717, 1.165) is 11.1 Å². The van der Waals surface area contributed by atoms with E-state index < -0.39 is 12.1 Å². The topological polar surface area (TPSA) is 42.7 Å². The molecule has 0 aromatic heterocycles. The van der Waals surface area contributed by atoms with Crippen molar-refractivity contribution in [2.45, 2.75) is 20.1 Å². The number of amides is 1. The Morgan fingerprint density at radius 2 is 1.82 bits per heavy atom. The Morgan fingerprint density at radius 1 is 1.18 bits per heavy atom. The molecule has 112 valence electrons. The number of rotatable bonds is 4. The maximum atomic E-state index is 12.2. The fourth-order valence-corrected chi connectivity index (χ4v) is 1.98. The molecule has 0 spiro atoms. The van der Waals surface area contributed by atoms with E-state index in [1.807, 2.05) is 32.0 Å². The van der Waals surface area contributed by atoms with Crippen molar-refractivity contribution in [1.29, 1.82) is 0 Å². The van der Waals surface area contributed by atoms with Gasteiger partial charge < -0.3 is 10.1 Å². The van der Waals surface area contributed by atoms with Gasteiger partial charge in [0.2, 0.25) is 0 Å². The molecule has 0 aliphatic rings. The van der Waals surface area contributed by atoms with E-state index in [1.54, 1.807) is 24.3 Å². The number of anilines is 1. The van der Waals surface area contributed by atoms with Crippen LogP contribution in [0.4, 0.5) is 5.69 Å². The molecule has 1 atom stereocenters. The summed E-state index contributed by atoms with van der Waals surface area (Å²) >= 11 is 6.03. The molecule has 4 nitrogen and oxygen atoms in total. The van der Waals surface area contributed by atoms with Gasteiger partial charge in [-0.25, -0.2) is 6.57 Å². The highest BCUT2D eigenvalue weighted by Gasteiger charge is 2.26. The highest BCUT2D eigenvalue weighted by molar-refractivity contribution is 6.33. The number of halogens is 1. The van der Waals surface area contributed by atoms with E-state index in [-0.39, 0.29) is 0 Å². The molecule has 5 heteroatoms. The van der Waals surface area contributed by atoms with Crippen LogP contribution < -0.4 is 10.1 Å². The van der Waals surface area contributed by atoms with Crippen molar-refractivity contribution in [2.24, 2.45) is 0 Å². The van der Waals surface area contributed by atoms with Crippen LogP contribution in [-0.4, -0.2) is 12.1 Å². The smallest absolute Gasteiger partial charge is 0.417 e. The van der Waals surface area contributed by atoms with Crippen molar-refractivity contribution >= 4 is 23.2 Å². The quantitative estimate of drug-likeness (QED) is 0.859. The van der Waals surface area contributed by atoms with Crippen LogP contribution in [0.15, 0.2) is 42.5 Å². The number of ether oxygens (including phenoxy) is 1. The molecule has 0 saturated carbocycles. The molecule has 0 aliphatic heterocycles. The fourth-order valence-electron chi connectivity index (χ4n) is 1.81. The Bertz CT molecular complexity index is 720. The lowest BCUT2D eigenvalue weighted by Crippen LogP contribution is -2.30. The molecule has 22 heavy (non-hydrogen) atoms. The van der Waals surface area contributed by atoms with E-state index >= 15 is 0 Å². The van der Waals surface area contributed by atoms with Crippen molar-refractivity contribution in [2.75, 3.05) is 5.32 Å². The van der Waals surface area contributed by atoms with Crippen LogP contribution in [0, 0.1) is 20.4 Å². The number of nitrogens with one attached hydrogen (secondary N) is 1. The predicted octanol–water partition coefficient (Wildman–Crippen LogP) is 4.22. The fraction of sp³-hybridized carbons (Fsp3) is 0.176. The van der Waals surface area contributed by atoms with Crippen LogP contribution in [0.5, 0.6) is 5.75 Å². The second kappa shape index (κ2) is 6.97. The number of aryl methyl sites for hydroxylation is 2. The van der Waals surface area contributed by atoms with Gasteiger partial charge in [0.1, 0.15) is 5.75 Å². The van der Waals surface area contributed by atoms with Crippen LogP contribution in [0.1, 0.15) is 11.1 Å². The van der Waals surface area contributed by atoms with Crippen molar-refractivity contribution < 1.29 is 9.53 Å². The Balaban J connectivity index is 2.10. The van der Waals surface area contributed by atoms with Crippen molar-refractivity contribution in [3.05, 3.63) is 70.0 Å². The maximum absolute atomic E-state index is 12.2. The molecule has 1 amide bonds. The largest absolute Gasteiger partial charge is 0.446 e. The number of benzene rings is 2. The molecular formula is C17H15ClN2O2. The van der Waals surface area contributed by atoms with Gasteiger partial charge in [-0.1, -0.05) is 35.4 Å². The number of hydrogen-bond donors (Lipinski definition) is 1. The van der Waals surface area contributed by atoms with Crippen LogP contribution in [0.2, 0.25) is 5.02 Å². The first-order chi connectivity index (χ1) is 10.5. The molecule has 0 bridgehead atoms. The second-order valence-corrected chi connectivity index (χ2v) is 5.29. The van der Waals surface area contributed by atoms with E-state index in [1.165, 1.54) is 0 Å². The Kier molecular flexibility index (Phi) is 5.03. The highest BCUT2D eigenvalue weighted by atomic mass is 35.5. The maximum Gasteiger partial charge on any atom is 0.446 e. The minimum atomic E-state index is -1.26. The first-order valence-corrected chi connectivity index (χ1v) is 7.04. The molecule has 0 heterocycles. The summed E-state index contributed by atoms with van der Waals surface area (Å²) in [6.45, 7) is 11.0. The predicted molar refractivity (Wildman–Crippen MR) is 87.0 cm³/mol. The number of hydrogen-bond acceptors (Lipinski definition) is 2. The number of nitrogens with zero attached hydrogens (tertiary/aromatic N) is 1. The van der Waals surface area contributed by atoms with E-state index in [2.05, 4.69) is 10.2 Å². The van der Waals surface area contributed by atoms with Crippen molar-refractivity contribution in [1.82, 2.24) is 0 Å². The first-order valence-electron chi connectivity index (χ1n) is 6.66. The third-order valence-corrected chi connectivity index (χ3v) is 3.32. The van der Waals surface area contributed by atoms with Gasteiger partial charge in [-0.05, 0) is 43.7 Å². The normalized spacial score (nSPS) is 11.4. The van der Waals surface area contributed by atoms with Crippen LogP contribution in [0.3, 0.4) is 0 Å². The average Bonchev–Trinajstić information content (AvgIpc) is 2.50. The van der Waals surface area contributed by atoms with Crippen molar-refractivity contribution in [3.63, 3.8) is 0 Å². The van der Waals surface area contributed by atoms with Crippen molar-refractivity contribution in [3.8, 4) is 5.75 Å². The van der Waals surface area contributed by atoms with Gasteiger partial charge in [-0.2, -0.15) is 0 Å². The molecule has 0 radical (unpaired) electrons. The van der Waals surface area contributed by atoms with Gasteiger partial charge >= 0.3 is 12.1 Å². The summed E-state index contributed by atoms with van der Waals surface area (Å²) in [5.74, 6) is -0.0832. The Labute approximate surface area is 134 Å². The van der Waals surface area contributed by atoms with Gasteiger partial charge in [0.25, 0.3) is 0 Å². The zero-order valence-electron chi connectivity index (χ0n) is 12.3. The number of carbonyl (C=O) groups excluding carboxylic acids is 1. The third-order valence-electron chi connectivity index (χ3n) is 2.99. The number of carbonyl (C=O) groups is 1. The van der Waals surface area contributed by atoms with Crippen LogP contribution in [0.25, 0.3) is 4.85 Å². The Morgan fingerprint density at radius 3 is 2.45 bits per heavy atom. The van der Waals surface area contributed by atoms with E-state index in [0.29, 0.717) is 16.5 Å². The van der Waals surface area contributed by atoms with Gasteiger partial charge in [0.05, 0.1) is 10.7 Å². The summed E-state index contributed by atoms with van der Waals surface area (Å²) < 4.78 is 5.41. The Hall–Kier alpha value is -2.51. The van der Waals surface area contributed by atoms with Crippen LogP contribution in [-0.2, 0) is 4.79 Å². The lowest BCUT2D eigenvalue weighted by Gasteiger charge is -2.11. The molecule has 2 rings (SSSR count). The second-order valence-electron chi connectivity index (χ2n) is 4.88. The lowest BCUT2D eigenvalue weighted by atomic mass is 10.2. The summed E-state index contributed by atoms with van der Waals surface area (Å²) in [7, 11) is 0. The van der Waals surface area contributed by atoms with Gasteiger partial charge in [-0.3, -0.25) is 9.64 Å². The summed E-state index contributed by atoms with van der Waals surface area (Å²) in [4.78, 5) is 15.4. The summed E-state index contributed by atoms with van der Waals surface area (Å²) in [6.07, 6.45) is -1.26. The van der Waals surface area contributed by atoms with Gasteiger partial charge in [-0.15, -0.1) is 0 Å². The van der Waals surface area contributed by atoms with Gasteiger partial charge in [0.15, 0.2) is 0 Å². The zero-order chi connectivity index (χ0) is 16.1. The van der Waals surface area contributed by atoms with E-state index in [9.17, 15) is 4.79 Å². The zero-order valence-corrected chi connectivity index (χ0v) is 13.0. The minimum absolute atomic E-state index is 0.415. The monoisotopic (exact) mass is 314 g/mol. The van der Waals surface area contributed by atoms with Crippen LogP contribution >= 0.6 is 11.6 Å². The molecule has 0 fully saturated rings. The molecular weight excluding hydrogens is 300 g/mol. The molecule has 1 unspecified atom stereocenters. The molecule has 2 aromatic carbocycles. The molecule has 2 aromatic rings. The molecule has 0 aliphatic carbocycles. The summed E-state index contributed by atoms with van der Waals surface area (Å²) in [6, 6.07) is 12.4. The first kappa shape index (κ1) is 15.9. The highest BCUT2D eigenvalue weighted by Crippen LogP contribution is 2.23. The SMILES string of the molecule is [C-]#[N+]C(Oc1ccc(C)cc1)C(=O)Nc1cc(C)ccc1Cl. The molecule has 0 saturated heterocycles. The molecule has 1 N–H and O–H groups in total. The summed E-state index contributed by atoms with van der Waals surface area (Å²) in [5, 5.41) is 3.04.